The maximum atomic E-state index is 14.2. The average Bonchev–Trinajstić information content (AvgIpc) is 3.28. The van der Waals surface area contributed by atoms with Crippen LogP contribution in [0.4, 0.5) is 19.7 Å². The molecule has 3 aromatic rings. The molecular weight excluding hydrogens is 435 g/mol. The maximum Gasteiger partial charge on any atom is 0.407 e. The third kappa shape index (κ3) is 3.36. The Morgan fingerprint density at radius 3 is 2.62 bits per heavy atom. The summed E-state index contributed by atoms with van der Waals surface area (Å²) in [6, 6.07) is 15.3. The average molecular weight is 463 g/mol. The lowest BCUT2D eigenvalue weighted by atomic mass is 9.82. The van der Waals surface area contributed by atoms with E-state index in [2.05, 4.69) is 0 Å². The normalized spacial score (nSPS) is 21.9. The van der Waals surface area contributed by atoms with Gasteiger partial charge >= 0.3 is 12.1 Å². The van der Waals surface area contributed by atoms with Crippen LogP contribution in [0.3, 0.4) is 0 Å². The number of carbonyl (C=O) groups excluding carboxylic acids is 1. The van der Waals surface area contributed by atoms with E-state index in [1.54, 1.807) is 21.6 Å². The number of carboxylic acid groups (broad SMARTS) is 1. The molecule has 1 fully saturated rings. The van der Waals surface area contributed by atoms with Gasteiger partial charge in [0.25, 0.3) is 0 Å². The first-order valence-corrected chi connectivity index (χ1v) is 11.6. The molecule has 0 saturated carbocycles. The number of hydrogen-bond donors (Lipinski definition) is 1. The summed E-state index contributed by atoms with van der Waals surface area (Å²) in [5.74, 6) is 0.196. The van der Waals surface area contributed by atoms with Crippen LogP contribution in [0.2, 0.25) is 0 Å². The van der Waals surface area contributed by atoms with Crippen molar-refractivity contribution in [2.75, 3.05) is 11.4 Å². The van der Waals surface area contributed by atoms with E-state index < -0.39 is 17.4 Å². The molecule has 8 heteroatoms. The molecule has 3 heterocycles. The van der Waals surface area contributed by atoms with E-state index in [-0.39, 0.29) is 18.6 Å². The smallest absolute Gasteiger partial charge is 0.407 e. The molecule has 5 rings (SSSR count). The van der Waals surface area contributed by atoms with Crippen LogP contribution in [0.15, 0.2) is 54.6 Å². The van der Waals surface area contributed by atoms with E-state index in [0.717, 1.165) is 17.0 Å². The highest BCUT2D eigenvalue weighted by atomic mass is 19.1. The van der Waals surface area contributed by atoms with Crippen LogP contribution in [0.1, 0.15) is 49.5 Å². The van der Waals surface area contributed by atoms with Gasteiger partial charge in [-0.1, -0.05) is 43.3 Å². The lowest BCUT2D eigenvalue weighted by Crippen LogP contribution is -2.56. The number of halogens is 1. The Kier molecular flexibility index (Phi) is 5.38. The van der Waals surface area contributed by atoms with Crippen LogP contribution >= 0.6 is 0 Å². The summed E-state index contributed by atoms with van der Waals surface area (Å²) in [6.45, 7) is 4.13. The lowest BCUT2D eigenvalue weighted by Gasteiger charge is -2.45. The van der Waals surface area contributed by atoms with Crippen LogP contribution in [0, 0.1) is 5.82 Å². The number of anilines is 1. The topological polar surface area (TPSA) is 78.7 Å². The third-order valence-electron chi connectivity index (χ3n) is 7.08. The largest absolute Gasteiger partial charge is 0.465 e. The van der Waals surface area contributed by atoms with Crippen LogP contribution < -0.4 is 4.90 Å². The number of nitrogens with zero attached hydrogens (tertiary/aromatic N) is 4. The van der Waals surface area contributed by atoms with E-state index in [1.807, 2.05) is 44.2 Å². The van der Waals surface area contributed by atoms with Gasteiger partial charge in [0, 0.05) is 24.7 Å². The Morgan fingerprint density at radius 1 is 1.21 bits per heavy atom. The lowest BCUT2D eigenvalue weighted by molar-refractivity contribution is 0.0862. The molecule has 0 unspecified atom stereocenters. The minimum Gasteiger partial charge on any atom is -0.465 e. The highest BCUT2D eigenvalue weighted by molar-refractivity contribution is 5.99. The molecule has 1 N–H and O–H groups in total. The van der Waals surface area contributed by atoms with Crippen molar-refractivity contribution < 1.29 is 19.1 Å². The van der Waals surface area contributed by atoms with Crippen molar-refractivity contribution in [3.63, 3.8) is 0 Å². The first-order chi connectivity index (χ1) is 16.4. The van der Waals surface area contributed by atoms with E-state index in [1.165, 1.54) is 17.0 Å². The molecule has 0 radical (unpaired) electrons. The number of piperidine rings is 1. The van der Waals surface area contributed by atoms with Gasteiger partial charge in [-0.25, -0.2) is 23.5 Å². The fourth-order valence-corrected chi connectivity index (χ4v) is 5.54. The number of likely N-dealkylation sites (tertiary alicyclic amines) is 1. The number of hydrogen-bond acceptors (Lipinski definition) is 3. The molecule has 34 heavy (non-hydrogen) atoms. The Hall–Kier alpha value is -3.68. The van der Waals surface area contributed by atoms with Crippen LogP contribution in [-0.2, 0) is 18.4 Å². The van der Waals surface area contributed by atoms with Gasteiger partial charge in [0.05, 0.1) is 11.4 Å². The number of aryl methyl sites for hydroxylation is 1. The minimum absolute atomic E-state index is 0.262. The van der Waals surface area contributed by atoms with E-state index >= 15 is 0 Å². The molecule has 1 aromatic heterocycles. The maximum absolute atomic E-state index is 14.2. The predicted octanol–water partition coefficient (Wildman–Crippen LogP) is 5.02. The first-order valence-electron chi connectivity index (χ1n) is 11.6. The number of fused-ring (bicyclic) bond motifs is 2. The molecule has 0 aliphatic carbocycles. The highest BCUT2D eigenvalue weighted by Crippen LogP contribution is 2.48. The van der Waals surface area contributed by atoms with E-state index in [9.17, 15) is 19.1 Å². The van der Waals surface area contributed by atoms with Crippen molar-refractivity contribution in [3.05, 3.63) is 83.2 Å². The number of aromatic nitrogens is 2. The second-order valence-corrected chi connectivity index (χ2v) is 9.09. The van der Waals surface area contributed by atoms with Crippen molar-refractivity contribution in [2.24, 2.45) is 0 Å². The molecule has 1 saturated heterocycles. The quantitative estimate of drug-likeness (QED) is 0.590. The van der Waals surface area contributed by atoms with Crippen molar-refractivity contribution >= 4 is 17.8 Å². The summed E-state index contributed by atoms with van der Waals surface area (Å²) < 4.78 is 15.9. The molecule has 2 aliphatic rings. The van der Waals surface area contributed by atoms with Gasteiger partial charge in [-0.2, -0.15) is 0 Å². The summed E-state index contributed by atoms with van der Waals surface area (Å²) in [6.07, 6.45) is 1.00. The van der Waals surface area contributed by atoms with Gasteiger partial charge in [0.1, 0.15) is 17.2 Å². The second kappa shape index (κ2) is 8.27. The predicted molar refractivity (Wildman–Crippen MR) is 126 cm³/mol. The molecule has 7 nitrogen and oxygen atoms in total. The number of benzene rings is 2. The first kappa shape index (κ1) is 22.1. The summed E-state index contributed by atoms with van der Waals surface area (Å²) in [5, 5.41) is 9.63. The molecule has 2 amide bonds. The Labute approximate surface area is 197 Å². The van der Waals surface area contributed by atoms with Crippen molar-refractivity contribution in [3.8, 4) is 0 Å². The molecule has 0 bridgehead atoms. The van der Waals surface area contributed by atoms with E-state index in [0.29, 0.717) is 37.2 Å². The van der Waals surface area contributed by atoms with Crippen molar-refractivity contribution in [1.82, 2.24) is 14.5 Å². The zero-order valence-corrected chi connectivity index (χ0v) is 19.2. The summed E-state index contributed by atoms with van der Waals surface area (Å²) in [5.41, 5.74) is 2.36. The molecule has 2 aliphatic heterocycles. The van der Waals surface area contributed by atoms with E-state index in [4.69, 9.17) is 4.98 Å². The molecule has 2 atom stereocenters. The summed E-state index contributed by atoms with van der Waals surface area (Å²) in [4.78, 5) is 33.8. The number of imidazole rings is 1. The molecule has 2 aromatic carbocycles. The van der Waals surface area contributed by atoms with Gasteiger partial charge in [0.15, 0.2) is 0 Å². The van der Waals surface area contributed by atoms with Crippen molar-refractivity contribution in [1.29, 1.82) is 0 Å². The fourth-order valence-electron chi connectivity index (χ4n) is 5.54. The molecule has 1 spiro atoms. The summed E-state index contributed by atoms with van der Waals surface area (Å²) in [7, 11) is 0. The minimum atomic E-state index is -0.980. The fraction of sp³-hybridized carbons (Fsp3) is 0.346. The van der Waals surface area contributed by atoms with Crippen LogP contribution in [-0.4, -0.2) is 44.3 Å². The van der Waals surface area contributed by atoms with Crippen LogP contribution in [0.25, 0.3) is 0 Å². The number of amides is 2. The Bertz CT molecular complexity index is 1260. The van der Waals surface area contributed by atoms with Gasteiger partial charge in [-0.05, 0) is 49.9 Å². The van der Waals surface area contributed by atoms with Gasteiger partial charge in [0.2, 0.25) is 0 Å². The second-order valence-electron chi connectivity index (χ2n) is 9.09. The monoisotopic (exact) mass is 462 g/mol. The molecular formula is C26H27FN4O3. The summed E-state index contributed by atoms with van der Waals surface area (Å²) >= 11 is 0. The zero-order valence-electron chi connectivity index (χ0n) is 19.2. The standard InChI is InChI=1S/C26H27FN4O3/c1-3-21-22(14-18-8-5-4-6-9-18)30-23(28-21)26(12-13-29(25(33)34)17(2)16-26)31(24(30)32)20-11-7-10-19(27)15-20/h4-11,15,17H,3,12-14,16H2,1-2H3,(H,33,34)/t17-,26-/m0/s1. The van der Waals surface area contributed by atoms with Gasteiger partial charge in [-0.3, -0.25) is 4.90 Å². The van der Waals surface area contributed by atoms with Gasteiger partial charge < -0.3 is 10.0 Å². The Morgan fingerprint density at radius 2 is 1.97 bits per heavy atom. The highest BCUT2D eigenvalue weighted by Gasteiger charge is 2.56. The SMILES string of the molecule is CCc1nc2n(c1Cc1ccccc1)C(=O)N(c1cccc(F)c1)[C@]21CCN(C(=O)O)[C@@H](C)C1. The van der Waals surface area contributed by atoms with Crippen molar-refractivity contribution in [2.45, 2.75) is 51.1 Å². The number of carbonyl (C=O) groups is 2. The Balaban J connectivity index is 1.68. The number of rotatable bonds is 4. The van der Waals surface area contributed by atoms with Gasteiger partial charge in [-0.15, -0.1) is 0 Å². The van der Waals surface area contributed by atoms with Crippen LogP contribution in [0.5, 0.6) is 0 Å². The third-order valence-corrected chi connectivity index (χ3v) is 7.08. The molecule has 176 valence electrons. The zero-order chi connectivity index (χ0) is 24.0.